The van der Waals surface area contributed by atoms with Crippen molar-refractivity contribution >= 4 is 17.6 Å². The van der Waals surface area contributed by atoms with Gasteiger partial charge in [0.25, 0.3) is 11.6 Å². The van der Waals surface area contributed by atoms with Gasteiger partial charge in [0.15, 0.2) is 6.10 Å². The third-order valence-electron chi connectivity index (χ3n) is 2.96. The summed E-state index contributed by atoms with van der Waals surface area (Å²) in [5.41, 5.74) is -0.0994. The third-order valence-corrected chi connectivity index (χ3v) is 2.96. The number of aliphatic hydroxyl groups excluding tert-OH is 1. The Balaban J connectivity index is 2.12. The van der Waals surface area contributed by atoms with E-state index in [1.165, 1.54) is 10.8 Å². The summed E-state index contributed by atoms with van der Waals surface area (Å²) in [5.74, 6) is -2.10. The van der Waals surface area contributed by atoms with E-state index in [2.05, 4.69) is 5.32 Å². The van der Waals surface area contributed by atoms with E-state index in [1.54, 1.807) is 0 Å². The van der Waals surface area contributed by atoms with Gasteiger partial charge in [0.2, 0.25) is 0 Å². The molecule has 2 rings (SSSR count). The second-order valence-electron chi connectivity index (χ2n) is 4.54. The fourth-order valence-corrected chi connectivity index (χ4v) is 1.77. The predicted molar refractivity (Wildman–Crippen MR) is 65.3 cm³/mol. The first-order valence-electron chi connectivity index (χ1n) is 5.95. The molecule has 1 aromatic heterocycles. The topological polar surface area (TPSA) is 135 Å². The van der Waals surface area contributed by atoms with Gasteiger partial charge in [-0.15, -0.1) is 0 Å². The molecule has 1 aromatic rings. The van der Waals surface area contributed by atoms with Crippen molar-refractivity contribution < 1.29 is 24.7 Å². The van der Waals surface area contributed by atoms with Gasteiger partial charge in [-0.05, 0) is 12.8 Å². The lowest BCUT2D eigenvalue weighted by Crippen LogP contribution is -2.37. The Morgan fingerprint density at radius 3 is 2.70 bits per heavy atom. The normalized spacial score (nSPS) is 15.7. The number of aromatic nitrogens is 1. The molecule has 1 aliphatic carbocycles. The molecule has 0 aromatic carbocycles. The quantitative estimate of drug-likeness (QED) is 0.493. The summed E-state index contributed by atoms with van der Waals surface area (Å²) in [4.78, 5) is 32.5. The molecular weight excluding hydrogens is 270 g/mol. The van der Waals surface area contributed by atoms with Crippen LogP contribution in [0.3, 0.4) is 0 Å². The van der Waals surface area contributed by atoms with E-state index in [4.69, 9.17) is 10.2 Å². The smallest absolute Gasteiger partial charge is 0.334 e. The zero-order chi connectivity index (χ0) is 14.9. The van der Waals surface area contributed by atoms with Crippen molar-refractivity contribution in [3.05, 3.63) is 28.1 Å². The molecule has 0 radical (unpaired) electrons. The molecule has 1 atom stereocenters. The molecule has 108 valence electrons. The van der Waals surface area contributed by atoms with Crippen LogP contribution < -0.4 is 5.32 Å². The number of aliphatic carboxylic acids is 1. The van der Waals surface area contributed by atoms with Crippen LogP contribution in [0, 0.1) is 10.1 Å². The summed E-state index contributed by atoms with van der Waals surface area (Å²) in [5, 5.41) is 30.5. The summed E-state index contributed by atoms with van der Waals surface area (Å²) >= 11 is 0. The predicted octanol–water partition coefficient (Wildman–Crippen LogP) is -0.0935. The number of nitrogens with zero attached hydrogens (tertiary/aromatic N) is 2. The van der Waals surface area contributed by atoms with Crippen molar-refractivity contribution in [1.82, 2.24) is 9.88 Å². The molecule has 3 N–H and O–H groups in total. The summed E-state index contributed by atoms with van der Waals surface area (Å²) < 4.78 is 1.51. The summed E-state index contributed by atoms with van der Waals surface area (Å²) in [6.45, 7) is -0.461. The van der Waals surface area contributed by atoms with Gasteiger partial charge in [0.1, 0.15) is 5.69 Å². The number of hydrogen-bond donors (Lipinski definition) is 3. The van der Waals surface area contributed by atoms with E-state index in [0.29, 0.717) is 0 Å². The Kier molecular flexibility index (Phi) is 3.70. The largest absolute Gasteiger partial charge is 0.479 e. The number of hydrogen-bond acceptors (Lipinski definition) is 5. The van der Waals surface area contributed by atoms with Crippen molar-refractivity contribution in [3.8, 4) is 0 Å². The maximum atomic E-state index is 11.9. The van der Waals surface area contributed by atoms with Gasteiger partial charge in [-0.2, -0.15) is 0 Å². The first-order valence-corrected chi connectivity index (χ1v) is 5.95. The molecule has 9 heteroatoms. The van der Waals surface area contributed by atoms with Crippen molar-refractivity contribution in [3.63, 3.8) is 0 Å². The summed E-state index contributed by atoms with van der Waals surface area (Å²) in [7, 11) is 0. The summed E-state index contributed by atoms with van der Waals surface area (Å²) in [6, 6.07) is 1.20. The highest BCUT2D eigenvalue weighted by Gasteiger charge is 2.30. The lowest BCUT2D eigenvalue weighted by Gasteiger charge is -2.09. The van der Waals surface area contributed by atoms with Crippen LogP contribution in [0.25, 0.3) is 0 Å². The van der Waals surface area contributed by atoms with E-state index in [-0.39, 0.29) is 17.4 Å². The molecular formula is C11H13N3O6. The third kappa shape index (κ3) is 2.94. The monoisotopic (exact) mass is 283 g/mol. The SMILES string of the molecule is O=C(NCC(O)C(=O)O)c1cc([N+](=O)[O-])cn1C1CC1. The molecule has 1 heterocycles. The number of rotatable bonds is 6. The van der Waals surface area contributed by atoms with Crippen LogP contribution in [0.15, 0.2) is 12.3 Å². The van der Waals surface area contributed by atoms with E-state index in [1.807, 2.05) is 0 Å². The summed E-state index contributed by atoms with van der Waals surface area (Å²) in [6.07, 6.45) is 1.26. The van der Waals surface area contributed by atoms with Crippen LogP contribution in [0.2, 0.25) is 0 Å². The number of carbonyl (C=O) groups is 2. The van der Waals surface area contributed by atoms with Crippen LogP contribution in [0.1, 0.15) is 29.4 Å². The second-order valence-corrected chi connectivity index (χ2v) is 4.54. The highest BCUT2D eigenvalue weighted by Crippen LogP contribution is 2.37. The van der Waals surface area contributed by atoms with Crippen LogP contribution in [0.5, 0.6) is 0 Å². The standard InChI is InChI=1S/C11H13N3O6/c15-9(11(17)18)4-12-10(16)8-3-7(14(19)20)5-13(8)6-1-2-6/h3,5-6,9,15H,1-2,4H2,(H,12,16)(H,17,18). The van der Waals surface area contributed by atoms with Gasteiger partial charge in [-0.1, -0.05) is 0 Å². The Bertz CT molecular complexity index is 563. The van der Waals surface area contributed by atoms with Gasteiger partial charge in [0.05, 0.1) is 17.7 Å². The average molecular weight is 283 g/mol. The van der Waals surface area contributed by atoms with E-state index >= 15 is 0 Å². The molecule has 0 bridgehead atoms. The Morgan fingerprint density at radius 2 is 2.20 bits per heavy atom. The zero-order valence-corrected chi connectivity index (χ0v) is 10.4. The van der Waals surface area contributed by atoms with E-state index in [0.717, 1.165) is 18.9 Å². The Morgan fingerprint density at radius 1 is 1.55 bits per heavy atom. The van der Waals surface area contributed by atoms with Gasteiger partial charge in [0, 0.05) is 12.1 Å². The molecule has 9 nitrogen and oxygen atoms in total. The number of carbonyl (C=O) groups excluding carboxylic acids is 1. The van der Waals surface area contributed by atoms with Crippen molar-refractivity contribution in [2.24, 2.45) is 0 Å². The molecule has 0 spiro atoms. The fraction of sp³-hybridized carbons (Fsp3) is 0.455. The molecule has 0 aliphatic heterocycles. The van der Waals surface area contributed by atoms with Crippen molar-refractivity contribution in [2.75, 3.05) is 6.54 Å². The first kappa shape index (κ1) is 14.0. The van der Waals surface area contributed by atoms with Crippen LogP contribution >= 0.6 is 0 Å². The lowest BCUT2D eigenvalue weighted by atomic mass is 10.3. The van der Waals surface area contributed by atoms with E-state index < -0.39 is 29.4 Å². The van der Waals surface area contributed by atoms with Gasteiger partial charge >= 0.3 is 5.97 Å². The van der Waals surface area contributed by atoms with E-state index in [9.17, 15) is 19.7 Å². The van der Waals surface area contributed by atoms with Crippen LogP contribution in [-0.4, -0.2) is 44.2 Å². The second kappa shape index (κ2) is 5.29. The molecule has 1 amide bonds. The van der Waals surface area contributed by atoms with Crippen LogP contribution in [-0.2, 0) is 4.79 Å². The highest BCUT2D eigenvalue weighted by molar-refractivity contribution is 5.94. The van der Waals surface area contributed by atoms with Crippen LogP contribution in [0.4, 0.5) is 5.69 Å². The number of carboxylic acids is 1. The molecule has 1 aliphatic rings. The number of aliphatic hydroxyl groups is 1. The van der Waals surface area contributed by atoms with Crippen molar-refractivity contribution in [1.29, 1.82) is 0 Å². The fourth-order valence-electron chi connectivity index (χ4n) is 1.77. The lowest BCUT2D eigenvalue weighted by molar-refractivity contribution is -0.384. The molecule has 0 saturated heterocycles. The maximum absolute atomic E-state index is 11.9. The average Bonchev–Trinajstić information content (AvgIpc) is 3.13. The van der Waals surface area contributed by atoms with Gasteiger partial charge < -0.3 is 20.1 Å². The highest BCUT2D eigenvalue weighted by atomic mass is 16.6. The number of carboxylic acid groups (broad SMARTS) is 1. The maximum Gasteiger partial charge on any atom is 0.334 e. The Labute approximate surface area is 113 Å². The molecule has 1 fully saturated rings. The number of amides is 1. The molecule has 1 saturated carbocycles. The number of nitrogens with one attached hydrogen (secondary N) is 1. The van der Waals surface area contributed by atoms with Crippen molar-refractivity contribution in [2.45, 2.75) is 25.0 Å². The Hall–Kier alpha value is -2.42. The molecule has 1 unspecified atom stereocenters. The van der Waals surface area contributed by atoms with Gasteiger partial charge in [-0.25, -0.2) is 4.79 Å². The molecule has 20 heavy (non-hydrogen) atoms. The van der Waals surface area contributed by atoms with Gasteiger partial charge in [-0.3, -0.25) is 14.9 Å². The minimum absolute atomic E-state index is 0.0637. The number of nitro groups is 1. The zero-order valence-electron chi connectivity index (χ0n) is 10.4. The first-order chi connectivity index (χ1) is 9.40. The minimum atomic E-state index is -1.71. The minimum Gasteiger partial charge on any atom is -0.479 e.